The van der Waals surface area contributed by atoms with E-state index in [1.54, 1.807) is 6.07 Å². The number of amidine groups is 1. The zero-order valence-corrected chi connectivity index (χ0v) is 22.3. The predicted molar refractivity (Wildman–Crippen MR) is 144 cm³/mol. The summed E-state index contributed by atoms with van der Waals surface area (Å²) in [6.07, 6.45) is 1.83. The molecule has 0 bridgehead atoms. The number of amides is 1. The van der Waals surface area contributed by atoms with Gasteiger partial charge in [-0.1, -0.05) is 34.1 Å². The standard InChI is InChI=1S/C25H19BrFIN2O2S/c1-14-8-19(9-15(2)23(14)26)29-25-30-24(31)22(33-25)12-16-6-7-21(20(28)11-16)32-13-17-4-3-5-18(27)10-17/h3-12H,13H2,1-2H3,(H,29,30,31)/b22-12-. The van der Waals surface area contributed by atoms with Gasteiger partial charge in [-0.2, -0.15) is 0 Å². The predicted octanol–water partition coefficient (Wildman–Crippen LogP) is 7.28. The van der Waals surface area contributed by atoms with Crippen molar-refractivity contribution in [1.82, 2.24) is 5.32 Å². The molecule has 0 aromatic heterocycles. The number of halogens is 3. The smallest absolute Gasteiger partial charge is 0.264 e. The minimum Gasteiger partial charge on any atom is -0.488 e. The fourth-order valence-electron chi connectivity index (χ4n) is 3.25. The first-order valence-corrected chi connectivity index (χ1v) is 12.7. The number of rotatable bonds is 5. The van der Waals surface area contributed by atoms with Crippen LogP contribution >= 0.6 is 50.3 Å². The van der Waals surface area contributed by atoms with Crippen LogP contribution in [0.5, 0.6) is 5.75 Å². The third kappa shape index (κ3) is 6.04. The molecule has 33 heavy (non-hydrogen) atoms. The van der Waals surface area contributed by atoms with E-state index in [9.17, 15) is 9.18 Å². The van der Waals surface area contributed by atoms with E-state index in [4.69, 9.17) is 4.74 Å². The van der Waals surface area contributed by atoms with Crippen molar-refractivity contribution in [3.63, 3.8) is 0 Å². The monoisotopic (exact) mass is 636 g/mol. The van der Waals surface area contributed by atoms with Crippen molar-refractivity contribution in [3.05, 3.63) is 95.6 Å². The third-order valence-electron chi connectivity index (χ3n) is 4.84. The van der Waals surface area contributed by atoms with Crippen LogP contribution in [0, 0.1) is 23.2 Å². The van der Waals surface area contributed by atoms with Crippen LogP contribution in [0.15, 0.2) is 69.0 Å². The van der Waals surface area contributed by atoms with Gasteiger partial charge >= 0.3 is 0 Å². The van der Waals surface area contributed by atoms with Gasteiger partial charge in [0.15, 0.2) is 5.17 Å². The van der Waals surface area contributed by atoms with Gasteiger partial charge in [0.05, 0.1) is 14.2 Å². The summed E-state index contributed by atoms with van der Waals surface area (Å²) in [5, 5.41) is 3.38. The highest BCUT2D eigenvalue weighted by Gasteiger charge is 2.24. The van der Waals surface area contributed by atoms with Crippen LogP contribution in [-0.4, -0.2) is 11.1 Å². The third-order valence-corrected chi connectivity index (χ3v) is 7.84. The van der Waals surface area contributed by atoms with Crippen LogP contribution in [0.3, 0.4) is 0 Å². The number of aliphatic imine (C=N–C) groups is 1. The largest absolute Gasteiger partial charge is 0.488 e. The van der Waals surface area contributed by atoms with Crippen molar-refractivity contribution in [2.45, 2.75) is 20.5 Å². The Hall–Kier alpha value is -2.17. The lowest BCUT2D eigenvalue weighted by Gasteiger charge is -2.09. The zero-order chi connectivity index (χ0) is 23.5. The lowest BCUT2D eigenvalue weighted by atomic mass is 10.1. The molecule has 0 spiro atoms. The highest BCUT2D eigenvalue weighted by Crippen LogP contribution is 2.32. The van der Waals surface area contributed by atoms with Gasteiger partial charge in [0, 0.05) is 4.47 Å². The molecule has 1 amide bonds. The first-order valence-electron chi connectivity index (χ1n) is 10.0. The van der Waals surface area contributed by atoms with Gasteiger partial charge in [0.2, 0.25) is 0 Å². The average molecular weight is 637 g/mol. The maximum atomic E-state index is 13.3. The molecule has 0 radical (unpaired) electrons. The Kier molecular flexibility index (Phi) is 7.55. The summed E-state index contributed by atoms with van der Waals surface area (Å²) < 4.78 is 21.1. The Morgan fingerprint density at radius 2 is 1.91 bits per heavy atom. The quantitative estimate of drug-likeness (QED) is 0.237. The van der Waals surface area contributed by atoms with Crippen molar-refractivity contribution in [3.8, 4) is 5.75 Å². The van der Waals surface area contributed by atoms with E-state index in [1.165, 1.54) is 23.9 Å². The molecular weight excluding hydrogens is 618 g/mol. The Morgan fingerprint density at radius 3 is 2.61 bits per heavy atom. The molecule has 0 atom stereocenters. The minimum absolute atomic E-state index is 0.175. The summed E-state index contributed by atoms with van der Waals surface area (Å²) in [4.78, 5) is 17.6. The number of ether oxygens (including phenoxy) is 1. The number of nitrogens with one attached hydrogen (secondary N) is 1. The van der Waals surface area contributed by atoms with Crippen LogP contribution in [0.4, 0.5) is 10.1 Å². The number of carbonyl (C=O) groups is 1. The molecule has 1 aliphatic rings. The second-order valence-corrected chi connectivity index (χ2v) is 10.5. The van der Waals surface area contributed by atoms with Gasteiger partial charge in [0.25, 0.3) is 5.91 Å². The van der Waals surface area contributed by atoms with Gasteiger partial charge in [0.1, 0.15) is 18.2 Å². The van der Waals surface area contributed by atoms with Crippen LogP contribution < -0.4 is 10.1 Å². The van der Waals surface area contributed by atoms with Gasteiger partial charge in [-0.25, -0.2) is 9.38 Å². The number of benzene rings is 3. The Morgan fingerprint density at radius 1 is 1.15 bits per heavy atom. The van der Waals surface area contributed by atoms with E-state index in [0.717, 1.165) is 36.0 Å². The molecule has 4 rings (SSSR count). The summed E-state index contributed by atoms with van der Waals surface area (Å²) in [5.41, 5.74) is 4.62. The SMILES string of the molecule is Cc1cc(N=C2NC(=O)/C(=C/c3ccc(OCc4cccc(F)c4)c(I)c3)S2)cc(C)c1Br. The molecule has 8 heteroatoms. The van der Waals surface area contributed by atoms with E-state index < -0.39 is 0 Å². The zero-order valence-electron chi connectivity index (χ0n) is 17.8. The molecule has 1 aliphatic heterocycles. The van der Waals surface area contributed by atoms with E-state index in [0.29, 0.717) is 15.8 Å². The van der Waals surface area contributed by atoms with Crippen molar-refractivity contribution >= 4 is 73.1 Å². The second-order valence-electron chi connectivity index (χ2n) is 7.48. The molecule has 1 N–H and O–H groups in total. The van der Waals surface area contributed by atoms with Crippen molar-refractivity contribution in [2.75, 3.05) is 0 Å². The molecule has 0 saturated carbocycles. The van der Waals surface area contributed by atoms with Crippen molar-refractivity contribution in [2.24, 2.45) is 4.99 Å². The van der Waals surface area contributed by atoms with E-state index >= 15 is 0 Å². The molecule has 4 nitrogen and oxygen atoms in total. The fraction of sp³-hybridized carbons (Fsp3) is 0.120. The molecule has 1 saturated heterocycles. The minimum atomic E-state index is -0.284. The number of nitrogens with zero attached hydrogens (tertiary/aromatic N) is 1. The number of thioether (sulfide) groups is 1. The summed E-state index contributed by atoms with van der Waals surface area (Å²) in [6, 6.07) is 16.0. The molecule has 168 valence electrons. The Bertz CT molecular complexity index is 1290. The Balaban J connectivity index is 1.47. The highest BCUT2D eigenvalue weighted by molar-refractivity contribution is 14.1. The van der Waals surface area contributed by atoms with Crippen LogP contribution in [0.2, 0.25) is 0 Å². The highest BCUT2D eigenvalue weighted by atomic mass is 127. The lowest BCUT2D eigenvalue weighted by molar-refractivity contribution is -0.115. The Labute approximate surface area is 218 Å². The van der Waals surface area contributed by atoms with Crippen molar-refractivity contribution in [1.29, 1.82) is 0 Å². The van der Waals surface area contributed by atoms with Gasteiger partial charge in [-0.15, -0.1) is 0 Å². The molecule has 0 unspecified atom stereocenters. The van der Waals surface area contributed by atoms with E-state index in [1.807, 2.05) is 56.3 Å². The van der Waals surface area contributed by atoms with E-state index in [2.05, 4.69) is 48.8 Å². The van der Waals surface area contributed by atoms with Gasteiger partial charge < -0.3 is 10.1 Å². The van der Waals surface area contributed by atoms with Gasteiger partial charge in [-0.3, -0.25) is 4.79 Å². The summed E-state index contributed by atoms with van der Waals surface area (Å²) in [7, 11) is 0. The summed E-state index contributed by atoms with van der Waals surface area (Å²) >= 11 is 7.06. The molecule has 1 heterocycles. The second kappa shape index (κ2) is 10.4. The first-order chi connectivity index (χ1) is 15.8. The van der Waals surface area contributed by atoms with Crippen LogP contribution in [0.1, 0.15) is 22.3 Å². The summed E-state index contributed by atoms with van der Waals surface area (Å²) in [5.74, 6) is 0.243. The molecule has 3 aromatic rings. The van der Waals surface area contributed by atoms with Crippen LogP contribution in [0.25, 0.3) is 6.08 Å². The van der Waals surface area contributed by atoms with Crippen LogP contribution in [-0.2, 0) is 11.4 Å². The molecule has 1 fully saturated rings. The normalized spacial score (nSPS) is 15.8. The summed E-state index contributed by atoms with van der Waals surface area (Å²) in [6.45, 7) is 4.31. The lowest BCUT2D eigenvalue weighted by Crippen LogP contribution is -2.19. The molecule has 0 aliphatic carbocycles. The number of hydrogen-bond acceptors (Lipinski definition) is 4. The van der Waals surface area contributed by atoms with Gasteiger partial charge in [-0.05, 0) is 113 Å². The topological polar surface area (TPSA) is 50.7 Å². The number of aryl methyl sites for hydroxylation is 2. The molecular formula is C25H19BrFIN2O2S. The maximum Gasteiger partial charge on any atom is 0.264 e. The first kappa shape index (κ1) is 24.0. The average Bonchev–Trinajstić information content (AvgIpc) is 3.10. The number of carbonyl (C=O) groups excluding carboxylic acids is 1. The van der Waals surface area contributed by atoms with E-state index in [-0.39, 0.29) is 18.3 Å². The maximum absolute atomic E-state index is 13.3. The fourth-order valence-corrected chi connectivity index (χ4v) is 5.01. The number of hydrogen-bond donors (Lipinski definition) is 1. The molecule has 3 aromatic carbocycles. The van der Waals surface area contributed by atoms with Crippen molar-refractivity contribution < 1.29 is 13.9 Å².